The van der Waals surface area contributed by atoms with E-state index in [0.29, 0.717) is 5.58 Å². The number of nitrogens with one attached hydrogen (secondary N) is 1. The lowest BCUT2D eigenvalue weighted by Crippen LogP contribution is -2.10. The van der Waals surface area contributed by atoms with Crippen molar-refractivity contribution in [3.8, 4) is 0 Å². The molecule has 0 spiro atoms. The van der Waals surface area contributed by atoms with Gasteiger partial charge >= 0.3 is 0 Å². The summed E-state index contributed by atoms with van der Waals surface area (Å²) in [5, 5.41) is 14.2. The van der Waals surface area contributed by atoms with E-state index in [-0.39, 0.29) is 22.2 Å². The SMILES string of the molecule is Cc1ccc2cc(C(=O)Nc3ccc(Cl)c([N+](=O)[O-])c3)oc2c1. The molecule has 0 fully saturated rings. The summed E-state index contributed by atoms with van der Waals surface area (Å²) in [6.07, 6.45) is 0. The van der Waals surface area contributed by atoms with Gasteiger partial charge in [0, 0.05) is 17.1 Å². The van der Waals surface area contributed by atoms with Gasteiger partial charge in [0.15, 0.2) is 5.76 Å². The predicted octanol–water partition coefficient (Wildman–Crippen LogP) is 4.56. The van der Waals surface area contributed by atoms with Gasteiger partial charge in [0.25, 0.3) is 11.6 Å². The van der Waals surface area contributed by atoms with E-state index in [1.807, 2.05) is 25.1 Å². The molecule has 3 aromatic rings. The molecule has 0 aliphatic carbocycles. The second-order valence-corrected chi connectivity index (χ2v) is 5.44. The van der Waals surface area contributed by atoms with Crippen LogP contribution in [-0.2, 0) is 0 Å². The fraction of sp³-hybridized carbons (Fsp3) is 0.0625. The highest BCUT2D eigenvalue weighted by atomic mass is 35.5. The average molecular weight is 331 g/mol. The molecule has 6 nitrogen and oxygen atoms in total. The van der Waals surface area contributed by atoms with E-state index in [1.165, 1.54) is 18.2 Å². The summed E-state index contributed by atoms with van der Waals surface area (Å²) >= 11 is 5.74. The van der Waals surface area contributed by atoms with Gasteiger partial charge < -0.3 is 9.73 Å². The van der Waals surface area contributed by atoms with Crippen molar-refractivity contribution in [3.05, 3.63) is 68.9 Å². The van der Waals surface area contributed by atoms with Crippen LogP contribution in [0.5, 0.6) is 0 Å². The number of nitro benzene ring substituents is 1. The Labute approximate surface area is 135 Å². The highest BCUT2D eigenvalue weighted by Gasteiger charge is 2.16. The van der Waals surface area contributed by atoms with E-state index in [9.17, 15) is 14.9 Å². The van der Waals surface area contributed by atoms with Crippen LogP contribution in [0.2, 0.25) is 5.02 Å². The van der Waals surface area contributed by atoms with Crippen LogP contribution in [0.25, 0.3) is 11.0 Å². The number of nitrogens with zero attached hydrogens (tertiary/aromatic N) is 1. The van der Waals surface area contributed by atoms with Crippen LogP contribution in [0, 0.1) is 17.0 Å². The molecule has 0 bridgehead atoms. The number of halogens is 1. The second-order valence-electron chi connectivity index (χ2n) is 5.03. The highest BCUT2D eigenvalue weighted by Crippen LogP contribution is 2.28. The number of hydrogen-bond donors (Lipinski definition) is 1. The van der Waals surface area contributed by atoms with Gasteiger partial charge in [-0.1, -0.05) is 23.7 Å². The standard InChI is InChI=1S/C16H11ClN2O4/c1-9-2-3-10-7-15(23-14(10)6-9)16(20)18-11-4-5-12(17)13(8-11)19(21)22/h2-8H,1H3,(H,18,20). The first-order valence-electron chi connectivity index (χ1n) is 6.69. The number of anilines is 1. The summed E-state index contributed by atoms with van der Waals surface area (Å²) in [5.41, 5.74) is 1.62. The van der Waals surface area contributed by atoms with Crippen molar-refractivity contribution in [2.75, 3.05) is 5.32 Å². The second kappa shape index (κ2) is 5.73. The number of carbonyl (C=O) groups is 1. The summed E-state index contributed by atoms with van der Waals surface area (Å²) in [6.45, 7) is 1.93. The topological polar surface area (TPSA) is 85.4 Å². The van der Waals surface area contributed by atoms with Crippen LogP contribution in [0.1, 0.15) is 16.1 Å². The molecule has 0 aliphatic rings. The number of nitro groups is 1. The average Bonchev–Trinajstić information content (AvgIpc) is 2.92. The number of benzene rings is 2. The Kier molecular flexibility index (Phi) is 3.75. The summed E-state index contributed by atoms with van der Waals surface area (Å²) < 4.78 is 5.51. The lowest BCUT2D eigenvalue weighted by molar-refractivity contribution is -0.384. The zero-order chi connectivity index (χ0) is 16.6. The first kappa shape index (κ1) is 15.1. The number of furan rings is 1. The zero-order valence-electron chi connectivity index (χ0n) is 12.0. The molecule has 0 radical (unpaired) electrons. The van der Waals surface area contributed by atoms with Crippen LogP contribution < -0.4 is 5.32 Å². The monoisotopic (exact) mass is 330 g/mol. The molecular formula is C16H11ClN2O4. The fourth-order valence-corrected chi connectivity index (χ4v) is 2.36. The molecule has 0 atom stereocenters. The van der Waals surface area contributed by atoms with Crippen molar-refractivity contribution in [2.24, 2.45) is 0 Å². The summed E-state index contributed by atoms with van der Waals surface area (Å²) in [4.78, 5) is 22.5. The van der Waals surface area contributed by atoms with Crippen LogP contribution in [0.3, 0.4) is 0 Å². The maximum Gasteiger partial charge on any atom is 0.291 e. The van der Waals surface area contributed by atoms with Gasteiger partial charge in [-0.2, -0.15) is 0 Å². The molecule has 3 rings (SSSR count). The van der Waals surface area contributed by atoms with E-state index < -0.39 is 10.8 Å². The van der Waals surface area contributed by atoms with Gasteiger partial charge in [-0.3, -0.25) is 14.9 Å². The van der Waals surface area contributed by atoms with Gasteiger partial charge in [0.2, 0.25) is 0 Å². The maximum atomic E-state index is 12.2. The van der Waals surface area contributed by atoms with Crippen molar-refractivity contribution in [1.82, 2.24) is 0 Å². The summed E-state index contributed by atoms with van der Waals surface area (Å²) in [6, 6.07) is 11.3. The third-order valence-corrected chi connectivity index (χ3v) is 3.62. The Balaban J connectivity index is 1.88. The van der Waals surface area contributed by atoms with E-state index in [2.05, 4.69) is 5.32 Å². The highest BCUT2D eigenvalue weighted by molar-refractivity contribution is 6.32. The fourth-order valence-electron chi connectivity index (χ4n) is 2.17. The Morgan fingerprint density at radius 3 is 2.74 bits per heavy atom. The van der Waals surface area contributed by atoms with Gasteiger partial charge in [-0.15, -0.1) is 0 Å². The Morgan fingerprint density at radius 2 is 2.00 bits per heavy atom. The zero-order valence-corrected chi connectivity index (χ0v) is 12.8. The van der Waals surface area contributed by atoms with Crippen LogP contribution in [-0.4, -0.2) is 10.8 Å². The molecule has 1 N–H and O–H groups in total. The van der Waals surface area contributed by atoms with Crippen molar-refractivity contribution >= 4 is 39.9 Å². The normalized spacial score (nSPS) is 10.7. The lowest BCUT2D eigenvalue weighted by atomic mass is 10.2. The molecular weight excluding hydrogens is 320 g/mol. The molecule has 116 valence electrons. The van der Waals surface area contributed by atoms with E-state index >= 15 is 0 Å². The Hall–Kier alpha value is -2.86. The van der Waals surface area contributed by atoms with Crippen LogP contribution >= 0.6 is 11.6 Å². The molecule has 0 saturated carbocycles. The Morgan fingerprint density at radius 1 is 1.22 bits per heavy atom. The molecule has 1 amide bonds. The number of fused-ring (bicyclic) bond motifs is 1. The molecule has 1 heterocycles. The minimum atomic E-state index is -0.609. The van der Waals surface area contributed by atoms with Gasteiger partial charge in [-0.05, 0) is 36.8 Å². The van der Waals surface area contributed by atoms with Gasteiger partial charge in [-0.25, -0.2) is 0 Å². The van der Waals surface area contributed by atoms with Crippen molar-refractivity contribution < 1.29 is 14.1 Å². The predicted molar refractivity (Wildman–Crippen MR) is 87.0 cm³/mol. The van der Waals surface area contributed by atoms with Crippen molar-refractivity contribution in [2.45, 2.75) is 6.92 Å². The first-order chi connectivity index (χ1) is 10.9. The minimum absolute atomic E-state index is 0.00668. The maximum absolute atomic E-state index is 12.2. The quantitative estimate of drug-likeness (QED) is 0.563. The van der Waals surface area contributed by atoms with E-state index in [0.717, 1.165) is 10.9 Å². The number of aryl methyl sites for hydroxylation is 1. The van der Waals surface area contributed by atoms with Crippen molar-refractivity contribution in [1.29, 1.82) is 0 Å². The third kappa shape index (κ3) is 3.02. The van der Waals surface area contributed by atoms with E-state index in [4.69, 9.17) is 16.0 Å². The van der Waals surface area contributed by atoms with Crippen LogP contribution in [0.15, 0.2) is 46.9 Å². The Bertz CT molecular complexity index is 933. The lowest BCUT2D eigenvalue weighted by Gasteiger charge is -2.03. The summed E-state index contributed by atoms with van der Waals surface area (Å²) in [7, 11) is 0. The van der Waals surface area contributed by atoms with E-state index in [1.54, 1.807) is 6.07 Å². The molecule has 7 heteroatoms. The van der Waals surface area contributed by atoms with Crippen LogP contribution in [0.4, 0.5) is 11.4 Å². The minimum Gasteiger partial charge on any atom is -0.451 e. The largest absolute Gasteiger partial charge is 0.451 e. The van der Waals surface area contributed by atoms with Gasteiger partial charge in [0.1, 0.15) is 10.6 Å². The molecule has 0 saturated heterocycles. The van der Waals surface area contributed by atoms with Crippen molar-refractivity contribution in [3.63, 3.8) is 0 Å². The number of carbonyl (C=O) groups excluding carboxylic acids is 1. The van der Waals surface area contributed by atoms with Gasteiger partial charge in [0.05, 0.1) is 4.92 Å². The molecule has 1 aromatic heterocycles. The first-order valence-corrected chi connectivity index (χ1v) is 7.07. The number of hydrogen-bond acceptors (Lipinski definition) is 4. The molecule has 0 aliphatic heterocycles. The molecule has 2 aromatic carbocycles. The molecule has 0 unspecified atom stereocenters. The third-order valence-electron chi connectivity index (χ3n) is 3.30. The number of rotatable bonds is 3. The summed E-state index contributed by atoms with van der Waals surface area (Å²) in [5.74, 6) is -0.362. The number of amides is 1. The molecule has 23 heavy (non-hydrogen) atoms. The smallest absolute Gasteiger partial charge is 0.291 e.